The molecule has 0 aliphatic heterocycles. The van der Waals surface area contributed by atoms with Crippen LogP contribution in [0.15, 0.2) is 54.7 Å². The summed E-state index contributed by atoms with van der Waals surface area (Å²) in [5.41, 5.74) is 2.04. The zero-order valence-electron chi connectivity index (χ0n) is 15.2. The largest absolute Gasteiger partial charge is 0.493 e. The molecule has 0 saturated carbocycles. The van der Waals surface area contributed by atoms with Crippen molar-refractivity contribution in [1.82, 2.24) is 9.97 Å². The second kappa shape index (κ2) is 9.09. The predicted molar refractivity (Wildman–Crippen MR) is 108 cm³/mol. The second-order valence-corrected chi connectivity index (χ2v) is 6.16. The van der Waals surface area contributed by atoms with Gasteiger partial charge in [0.05, 0.1) is 14.2 Å². The number of anilines is 2. The molecule has 2 N–H and O–H groups in total. The average Bonchev–Trinajstić information content (AvgIpc) is 2.71. The Morgan fingerprint density at radius 2 is 1.74 bits per heavy atom. The molecule has 0 bridgehead atoms. The van der Waals surface area contributed by atoms with Crippen LogP contribution in [0.25, 0.3) is 0 Å². The van der Waals surface area contributed by atoms with E-state index in [1.54, 1.807) is 20.4 Å². The molecular formula is C20H21ClN4O2. The SMILES string of the molecule is COc1ccc(CNc2ccnc(NCc3ccccc3Cl)n2)cc1OC. The number of aromatic nitrogens is 2. The molecule has 140 valence electrons. The molecule has 0 spiro atoms. The van der Waals surface area contributed by atoms with Gasteiger partial charge in [0.1, 0.15) is 5.82 Å². The minimum Gasteiger partial charge on any atom is -0.493 e. The number of halogens is 1. The van der Waals surface area contributed by atoms with E-state index in [1.807, 2.05) is 48.5 Å². The van der Waals surface area contributed by atoms with E-state index in [9.17, 15) is 0 Å². The van der Waals surface area contributed by atoms with E-state index in [0.717, 1.165) is 16.9 Å². The van der Waals surface area contributed by atoms with Crippen molar-refractivity contribution in [2.24, 2.45) is 0 Å². The van der Waals surface area contributed by atoms with E-state index < -0.39 is 0 Å². The summed E-state index contributed by atoms with van der Waals surface area (Å²) in [5, 5.41) is 7.19. The van der Waals surface area contributed by atoms with Crippen molar-refractivity contribution >= 4 is 23.4 Å². The monoisotopic (exact) mass is 384 g/mol. The Bertz CT molecular complexity index is 905. The van der Waals surface area contributed by atoms with Gasteiger partial charge in [-0.2, -0.15) is 4.98 Å². The third kappa shape index (κ3) is 5.01. The molecule has 0 aliphatic rings. The molecule has 7 heteroatoms. The van der Waals surface area contributed by atoms with Crippen LogP contribution in [0.3, 0.4) is 0 Å². The van der Waals surface area contributed by atoms with Gasteiger partial charge in [-0.1, -0.05) is 35.9 Å². The van der Waals surface area contributed by atoms with Gasteiger partial charge in [-0.15, -0.1) is 0 Å². The van der Waals surface area contributed by atoms with Crippen molar-refractivity contribution in [2.75, 3.05) is 24.9 Å². The number of ether oxygens (including phenoxy) is 2. The highest BCUT2D eigenvalue weighted by Crippen LogP contribution is 2.27. The van der Waals surface area contributed by atoms with Crippen molar-refractivity contribution < 1.29 is 9.47 Å². The molecule has 3 aromatic rings. The molecule has 0 saturated heterocycles. The van der Waals surface area contributed by atoms with Crippen molar-refractivity contribution in [1.29, 1.82) is 0 Å². The Morgan fingerprint density at radius 3 is 2.52 bits per heavy atom. The zero-order chi connectivity index (χ0) is 19.1. The van der Waals surface area contributed by atoms with Crippen molar-refractivity contribution in [3.05, 3.63) is 70.9 Å². The molecule has 0 aliphatic carbocycles. The maximum atomic E-state index is 6.17. The van der Waals surface area contributed by atoms with E-state index in [2.05, 4.69) is 20.6 Å². The van der Waals surface area contributed by atoms with Crippen molar-refractivity contribution in [3.63, 3.8) is 0 Å². The highest BCUT2D eigenvalue weighted by atomic mass is 35.5. The first kappa shape index (κ1) is 18.8. The summed E-state index contributed by atoms with van der Waals surface area (Å²) in [4.78, 5) is 8.72. The van der Waals surface area contributed by atoms with E-state index in [-0.39, 0.29) is 0 Å². The maximum absolute atomic E-state index is 6.17. The van der Waals surface area contributed by atoms with E-state index >= 15 is 0 Å². The smallest absolute Gasteiger partial charge is 0.224 e. The van der Waals surface area contributed by atoms with E-state index in [4.69, 9.17) is 21.1 Å². The Kier molecular flexibility index (Phi) is 6.33. The van der Waals surface area contributed by atoms with Crippen molar-refractivity contribution in [2.45, 2.75) is 13.1 Å². The summed E-state index contributed by atoms with van der Waals surface area (Å²) < 4.78 is 10.6. The lowest BCUT2D eigenvalue weighted by atomic mass is 10.2. The minimum absolute atomic E-state index is 0.534. The van der Waals surface area contributed by atoms with Crippen LogP contribution in [0.1, 0.15) is 11.1 Å². The van der Waals surface area contributed by atoms with Crippen LogP contribution in [0.5, 0.6) is 11.5 Å². The normalized spacial score (nSPS) is 10.3. The molecule has 2 aromatic carbocycles. The van der Waals surface area contributed by atoms with Crippen LogP contribution >= 0.6 is 11.6 Å². The molecule has 1 aromatic heterocycles. The summed E-state index contributed by atoms with van der Waals surface area (Å²) in [6, 6.07) is 15.3. The quantitative estimate of drug-likeness (QED) is 0.601. The Morgan fingerprint density at radius 1 is 0.926 bits per heavy atom. The number of hydrogen-bond acceptors (Lipinski definition) is 6. The predicted octanol–water partition coefficient (Wildman–Crippen LogP) is 4.37. The number of hydrogen-bond donors (Lipinski definition) is 2. The molecular weight excluding hydrogens is 364 g/mol. The third-order valence-corrected chi connectivity index (χ3v) is 4.34. The molecule has 0 amide bonds. The van der Waals surface area contributed by atoms with Gasteiger partial charge in [0.2, 0.25) is 5.95 Å². The fraction of sp³-hybridized carbons (Fsp3) is 0.200. The highest BCUT2D eigenvalue weighted by Gasteiger charge is 2.06. The van der Waals surface area contributed by atoms with E-state index in [1.165, 1.54) is 0 Å². The third-order valence-electron chi connectivity index (χ3n) is 3.97. The van der Waals surface area contributed by atoms with Crippen LogP contribution in [-0.4, -0.2) is 24.2 Å². The van der Waals surface area contributed by atoms with Gasteiger partial charge in [0.15, 0.2) is 11.5 Å². The van der Waals surface area contributed by atoms with Crippen LogP contribution < -0.4 is 20.1 Å². The van der Waals surface area contributed by atoms with Gasteiger partial charge in [-0.3, -0.25) is 0 Å². The zero-order valence-corrected chi connectivity index (χ0v) is 16.0. The fourth-order valence-electron chi connectivity index (χ4n) is 2.54. The molecule has 27 heavy (non-hydrogen) atoms. The highest BCUT2D eigenvalue weighted by molar-refractivity contribution is 6.31. The first-order chi connectivity index (χ1) is 13.2. The number of rotatable bonds is 8. The summed E-state index contributed by atoms with van der Waals surface area (Å²) in [5.74, 6) is 2.66. The molecule has 3 rings (SSSR count). The lowest BCUT2D eigenvalue weighted by Crippen LogP contribution is -2.07. The van der Waals surface area contributed by atoms with Gasteiger partial charge >= 0.3 is 0 Å². The van der Waals surface area contributed by atoms with Crippen LogP contribution in [0, 0.1) is 0 Å². The summed E-state index contributed by atoms with van der Waals surface area (Å²) >= 11 is 6.17. The summed E-state index contributed by atoms with van der Waals surface area (Å²) in [6.07, 6.45) is 1.71. The van der Waals surface area contributed by atoms with Gasteiger partial charge in [-0.25, -0.2) is 4.98 Å². The van der Waals surface area contributed by atoms with Gasteiger partial charge in [-0.05, 0) is 35.4 Å². The van der Waals surface area contributed by atoms with Gasteiger partial charge in [0, 0.05) is 24.3 Å². The molecule has 0 atom stereocenters. The second-order valence-electron chi connectivity index (χ2n) is 5.75. The van der Waals surface area contributed by atoms with Crippen LogP contribution in [0.4, 0.5) is 11.8 Å². The summed E-state index contributed by atoms with van der Waals surface area (Å²) in [6.45, 7) is 1.15. The number of benzene rings is 2. The van der Waals surface area contributed by atoms with Crippen LogP contribution in [-0.2, 0) is 13.1 Å². The fourth-order valence-corrected chi connectivity index (χ4v) is 2.74. The Balaban J connectivity index is 1.61. The molecule has 0 fully saturated rings. The molecule has 1 heterocycles. The first-order valence-corrected chi connectivity index (χ1v) is 8.82. The lowest BCUT2D eigenvalue weighted by molar-refractivity contribution is 0.354. The summed E-state index contributed by atoms with van der Waals surface area (Å²) in [7, 11) is 3.24. The standard InChI is InChI=1S/C20H21ClN4O2/c1-26-17-8-7-14(11-18(17)27-2)12-23-19-9-10-22-20(25-19)24-13-15-5-3-4-6-16(15)21/h3-11H,12-13H2,1-2H3,(H2,22,23,24,25). The lowest BCUT2D eigenvalue weighted by Gasteiger charge is -2.11. The molecule has 0 radical (unpaired) electrons. The van der Waals surface area contributed by atoms with Gasteiger partial charge < -0.3 is 20.1 Å². The average molecular weight is 385 g/mol. The maximum Gasteiger partial charge on any atom is 0.224 e. The van der Waals surface area contributed by atoms with Crippen LogP contribution in [0.2, 0.25) is 5.02 Å². The van der Waals surface area contributed by atoms with Gasteiger partial charge in [0.25, 0.3) is 0 Å². The first-order valence-electron chi connectivity index (χ1n) is 8.44. The molecule has 6 nitrogen and oxygen atoms in total. The topological polar surface area (TPSA) is 68.3 Å². The number of methoxy groups -OCH3 is 2. The molecule has 0 unspecified atom stereocenters. The minimum atomic E-state index is 0.534. The van der Waals surface area contributed by atoms with E-state index in [0.29, 0.717) is 35.6 Å². The number of nitrogens with zero attached hydrogens (tertiary/aromatic N) is 2. The van der Waals surface area contributed by atoms with Crippen molar-refractivity contribution in [3.8, 4) is 11.5 Å². The Labute approximate surface area is 163 Å². The number of nitrogens with one attached hydrogen (secondary N) is 2. The Hall–Kier alpha value is -2.99.